The van der Waals surface area contributed by atoms with Crippen molar-refractivity contribution in [3.05, 3.63) is 24.3 Å². The maximum Gasteiger partial charge on any atom is 0.119 e. The number of benzene rings is 1. The number of nitrogens with zero attached hydrogens (tertiary/aromatic N) is 1. The van der Waals surface area contributed by atoms with E-state index < -0.39 is 0 Å². The third kappa shape index (κ3) is 4.39. The smallest absolute Gasteiger partial charge is 0.119 e. The summed E-state index contributed by atoms with van der Waals surface area (Å²) in [7, 11) is 1.81. The third-order valence-corrected chi connectivity index (χ3v) is 4.04. The molecule has 2 rings (SSSR count). The molecule has 1 aromatic rings. The van der Waals surface area contributed by atoms with Crippen LogP contribution in [0.15, 0.2) is 24.3 Å². The largest absolute Gasteiger partial charge is 0.494 e. The molecule has 0 amide bonds. The maximum absolute atomic E-state index is 5.71. The second kappa shape index (κ2) is 7.50. The van der Waals surface area contributed by atoms with Crippen LogP contribution in [0, 0.1) is 5.92 Å². The van der Waals surface area contributed by atoms with E-state index in [0.717, 1.165) is 37.6 Å². The highest BCUT2D eigenvalue weighted by Gasteiger charge is 2.25. The van der Waals surface area contributed by atoms with Gasteiger partial charge in [0.15, 0.2) is 0 Å². The van der Waals surface area contributed by atoms with E-state index in [1.807, 2.05) is 31.4 Å². The van der Waals surface area contributed by atoms with Gasteiger partial charge in [0, 0.05) is 25.9 Å². The van der Waals surface area contributed by atoms with Crippen molar-refractivity contribution in [3.63, 3.8) is 0 Å². The molecule has 1 aromatic carbocycles. The molecule has 1 aliphatic rings. The van der Waals surface area contributed by atoms with Crippen molar-refractivity contribution < 1.29 is 9.47 Å². The molecule has 2 N–H and O–H groups in total. The lowest BCUT2D eigenvalue weighted by Crippen LogP contribution is -2.44. The number of anilines is 1. The summed E-state index contributed by atoms with van der Waals surface area (Å²) < 4.78 is 11.2. The second-order valence-electron chi connectivity index (χ2n) is 5.61. The van der Waals surface area contributed by atoms with Gasteiger partial charge >= 0.3 is 0 Å². The van der Waals surface area contributed by atoms with Gasteiger partial charge in [-0.15, -0.1) is 0 Å². The molecule has 0 spiro atoms. The van der Waals surface area contributed by atoms with Crippen LogP contribution in [0.4, 0.5) is 5.69 Å². The van der Waals surface area contributed by atoms with E-state index in [1.165, 1.54) is 13.0 Å². The van der Waals surface area contributed by atoms with Crippen molar-refractivity contribution in [1.82, 2.24) is 4.90 Å². The van der Waals surface area contributed by atoms with Gasteiger partial charge < -0.3 is 20.1 Å². The zero-order chi connectivity index (χ0) is 14.4. The predicted molar refractivity (Wildman–Crippen MR) is 82.0 cm³/mol. The first-order valence-electron chi connectivity index (χ1n) is 7.42. The quantitative estimate of drug-likeness (QED) is 0.641. The Morgan fingerprint density at radius 1 is 1.30 bits per heavy atom. The van der Waals surface area contributed by atoms with Crippen molar-refractivity contribution in [2.75, 3.05) is 39.1 Å². The van der Waals surface area contributed by atoms with E-state index in [1.54, 1.807) is 0 Å². The first-order valence-corrected chi connectivity index (χ1v) is 7.42. The van der Waals surface area contributed by atoms with Gasteiger partial charge in [-0.1, -0.05) is 6.92 Å². The van der Waals surface area contributed by atoms with E-state index >= 15 is 0 Å². The van der Waals surface area contributed by atoms with Gasteiger partial charge in [0.1, 0.15) is 5.75 Å². The number of methoxy groups -OCH3 is 1. The van der Waals surface area contributed by atoms with Gasteiger partial charge in [-0.2, -0.15) is 0 Å². The summed E-state index contributed by atoms with van der Waals surface area (Å²) in [5.41, 5.74) is 6.41. The number of likely N-dealkylation sites (tertiary alicyclic amines) is 1. The summed E-state index contributed by atoms with van der Waals surface area (Å²) in [6, 6.07) is 7.56. The Hall–Kier alpha value is -1.26. The first-order chi connectivity index (χ1) is 9.69. The minimum Gasteiger partial charge on any atom is -0.494 e. The van der Waals surface area contributed by atoms with Gasteiger partial charge in [-0.3, -0.25) is 0 Å². The molecule has 4 heteroatoms. The minimum absolute atomic E-state index is 0.377. The molecule has 2 atom stereocenters. The lowest BCUT2D eigenvalue weighted by molar-refractivity contribution is -0.00593. The average molecular weight is 278 g/mol. The standard InChI is InChI=1S/C16H26N2O2/c1-13-8-10-18(12-16(13)19-2)9-3-11-20-15-6-4-14(17)5-7-15/h4-7,13,16H,3,8-12,17H2,1-2H3. The van der Waals surface area contributed by atoms with E-state index in [9.17, 15) is 0 Å². The molecular formula is C16H26N2O2. The highest BCUT2D eigenvalue weighted by Crippen LogP contribution is 2.19. The SMILES string of the molecule is COC1CN(CCCOc2ccc(N)cc2)CCC1C. The van der Waals surface area contributed by atoms with E-state index in [0.29, 0.717) is 12.0 Å². The monoisotopic (exact) mass is 278 g/mol. The highest BCUT2D eigenvalue weighted by atomic mass is 16.5. The zero-order valence-corrected chi connectivity index (χ0v) is 12.5. The number of hydrogen-bond acceptors (Lipinski definition) is 4. The van der Waals surface area contributed by atoms with Crippen molar-refractivity contribution in [1.29, 1.82) is 0 Å². The van der Waals surface area contributed by atoms with Crippen molar-refractivity contribution in [2.24, 2.45) is 5.92 Å². The van der Waals surface area contributed by atoms with Crippen LogP contribution in [0.5, 0.6) is 5.75 Å². The molecule has 0 aromatic heterocycles. The third-order valence-electron chi connectivity index (χ3n) is 4.04. The lowest BCUT2D eigenvalue weighted by Gasteiger charge is -2.36. The fraction of sp³-hybridized carbons (Fsp3) is 0.625. The van der Waals surface area contributed by atoms with Crippen molar-refractivity contribution in [3.8, 4) is 5.75 Å². The van der Waals surface area contributed by atoms with Crippen molar-refractivity contribution >= 4 is 5.69 Å². The van der Waals surface area contributed by atoms with E-state index in [2.05, 4.69) is 11.8 Å². The molecule has 0 bridgehead atoms. The first kappa shape index (κ1) is 15.1. The molecule has 1 aliphatic heterocycles. The number of ether oxygens (including phenoxy) is 2. The highest BCUT2D eigenvalue weighted by molar-refractivity contribution is 5.41. The van der Waals surface area contributed by atoms with Crippen molar-refractivity contribution in [2.45, 2.75) is 25.9 Å². The molecule has 112 valence electrons. The molecule has 20 heavy (non-hydrogen) atoms. The van der Waals surface area contributed by atoms with Gasteiger partial charge in [-0.05, 0) is 49.6 Å². The van der Waals surface area contributed by atoms with E-state index in [4.69, 9.17) is 15.2 Å². The fourth-order valence-corrected chi connectivity index (χ4v) is 2.65. The Morgan fingerprint density at radius 2 is 2.05 bits per heavy atom. The molecule has 4 nitrogen and oxygen atoms in total. The molecule has 0 saturated carbocycles. The van der Waals surface area contributed by atoms with Crippen LogP contribution in [-0.2, 0) is 4.74 Å². The Kier molecular flexibility index (Phi) is 5.68. The molecule has 0 radical (unpaired) electrons. The number of rotatable bonds is 6. The van der Waals surface area contributed by atoms with Gasteiger partial charge in [-0.25, -0.2) is 0 Å². The normalized spacial score (nSPS) is 23.7. The fourth-order valence-electron chi connectivity index (χ4n) is 2.65. The number of nitrogen functional groups attached to an aromatic ring is 1. The predicted octanol–water partition coefficient (Wildman–Crippen LogP) is 2.39. The Bertz CT molecular complexity index is 394. The lowest BCUT2D eigenvalue weighted by atomic mass is 9.96. The number of hydrogen-bond donors (Lipinski definition) is 1. The topological polar surface area (TPSA) is 47.7 Å². The molecule has 0 aliphatic carbocycles. The Morgan fingerprint density at radius 3 is 2.75 bits per heavy atom. The molecule has 1 saturated heterocycles. The molecule has 1 heterocycles. The average Bonchev–Trinajstić information content (AvgIpc) is 2.47. The number of piperidine rings is 1. The summed E-state index contributed by atoms with van der Waals surface area (Å²) >= 11 is 0. The minimum atomic E-state index is 0.377. The van der Waals surface area contributed by atoms with Gasteiger partial charge in [0.2, 0.25) is 0 Å². The summed E-state index contributed by atoms with van der Waals surface area (Å²) in [6.45, 7) is 6.30. The summed E-state index contributed by atoms with van der Waals surface area (Å²) in [5.74, 6) is 1.56. The maximum atomic E-state index is 5.71. The summed E-state index contributed by atoms with van der Waals surface area (Å²) in [6.07, 6.45) is 2.63. The van der Waals surface area contributed by atoms with E-state index in [-0.39, 0.29) is 0 Å². The van der Waals surface area contributed by atoms with Crippen LogP contribution in [0.25, 0.3) is 0 Å². The summed E-state index contributed by atoms with van der Waals surface area (Å²) in [4.78, 5) is 2.47. The van der Waals surface area contributed by atoms with Crippen LogP contribution in [0.3, 0.4) is 0 Å². The van der Waals surface area contributed by atoms with Gasteiger partial charge in [0.05, 0.1) is 12.7 Å². The molecular weight excluding hydrogens is 252 g/mol. The van der Waals surface area contributed by atoms with Gasteiger partial charge in [0.25, 0.3) is 0 Å². The Balaban J connectivity index is 1.65. The molecule has 1 fully saturated rings. The Labute approximate surface area is 121 Å². The van der Waals surface area contributed by atoms with Crippen LogP contribution < -0.4 is 10.5 Å². The van der Waals surface area contributed by atoms with Crippen LogP contribution >= 0.6 is 0 Å². The molecule has 2 unspecified atom stereocenters. The zero-order valence-electron chi connectivity index (χ0n) is 12.5. The van der Waals surface area contributed by atoms with Crippen LogP contribution in [0.1, 0.15) is 19.8 Å². The summed E-state index contributed by atoms with van der Waals surface area (Å²) in [5, 5.41) is 0. The number of nitrogens with two attached hydrogens (primary N) is 1. The second-order valence-corrected chi connectivity index (χ2v) is 5.61. The van der Waals surface area contributed by atoms with Crippen LogP contribution in [-0.4, -0.2) is 44.4 Å². The van der Waals surface area contributed by atoms with Crippen LogP contribution in [0.2, 0.25) is 0 Å².